The molecule has 1 N–H and O–H groups in total. The van der Waals surface area contributed by atoms with Crippen LogP contribution < -0.4 is 5.32 Å². The molecule has 3 aromatic rings. The highest BCUT2D eigenvalue weighted by Crippen LogP contribution is 2.33. The van der Waals surface area contributed by atoms with Gasteiger partial charge in [-0.05, 0) is 22.8 Å². The van der Waals surface area contributed by atoms with Crippen LogP contribution >= 0.6 is 0 Å². The van der Waals surface area contributed by atoms with Crippen molar-refractivity contribution in [3.8, 4) is 0 Å². The van der Waals surface area contributed by atoms with Crippen molar-refractivity contribution >= 4 is 17.4 Å². The molecule has 1 heterocycles. The maximum Gasteiger partial charge on any atom is 0.322 e. The third kappa shape index (κ3) is 3.57. The summed E-state index contributed by atoms with van der Waals surface area (Å²) in [7, 11) is 0. The van der Waals surface area contributed by atoms with E-state index in [9.17, 15) is 14.9 Å². The first kappa shape index (κ1) is 17.7. The number of benzene rings is 3. The number of rotatable bonds is 3. The van der Waals surface area contributed by atoms with E-state index in [2.05, 4.69) is 23.5 Å². The van der Waals surface area contributed by atoms with Gasteiger partial charge in [0.25, 0.3) is 5.69 Å². The SMILES string of the molecule is O=C(Nc1cccc([N+](=O)[O-])c1)N1Cc2ccccc2[C@@H](c2ccccc2)C1. The summed E-state index contributed by atoms with van der Waals surface area (Å²) >= 11 is 0. The second kappa shape index (κ2) is 7.52. The smallest absolute Gasteiger partial charge is 0.319 e. The van der Waals surface area contributed by atoms with Crippen LogP contribution in [-0.4, -0.2) is 22.4 Å². The molecular formula is C22H19N3O3. The topological polar surface area (TPSA) is 75.5 Å². The number of nitro groups is 1. The number of amides is 2. The number of fused-ring (bicyclic) bond motifs is 1. The third-order valence-corrected chi connectivity index (χ3v) is 4.99. The number of nitrogens with one attached hydrogen (secondary N) is 1. The zero-order valence-electron chi connectivity index (χ0n) is 15.1. The zero-order valence-corrected chi connectivity index (χ0v) is 15.1. The first-order chi connectivity index (χ1) is 13.6. The fourth-order valence-electron chi connectivity index (χ4n) is 3.63. The van der Waals surface area contributed by atoms with Crippen LogP contribution in [0.25, 0.3) is 0 Å². The normalized spacial score (nSPS) is 15.6. The first-order valence-corrected chi connectivity index (χ1v) is 9.05. The van der Waals surface area contributed by atoms with Gasteiger partial charge in [-0.3, -0.25) is 10.1 Å². The predicted molar refractivity (Wildman–Crippen MR) is 107 cm³/mol. The lowest BCUT2D eigenvalue weighted by atomic mass is 9.85. The van der Waals surface area contributed by atoms with E-state index in [4.69, 9.17) is 0 Å². The number of hydrogen-bond acceptors (Lipinski definition) is 3. The molecule has 0 saturated heterocycles. The number of urea groups is 1. The highest BCUT2D eigenvalue weighted by atomic mass is 16.6. The monoisotopic (exact) mass is 373 g/mol. The number of anilines is 1. The maximum atomic E-state index is 12.9. The summed E-state index contributed by atoms with van der Waals surface area (Å²) in [5.74, 6) is 0.0852. The minimum absolute atomic E-state index is 0.0519. The minimum atomic E-state index is -0.474. The van der Waals surface area contributed by atoms with Gasteiger partial charge >= 0.3 is 6.03 Å². The van der Waals surface area contributed by atoms with Crippen LogP contribution in [0.5, 0.6) is 0 Å². The van der Waals surface area contributed by atoms with Crippen molar-refractivity contribution in [3.05, 3.63) is 106 Å². The molecule has 0 bridgehead atoms. The zero-order chi connectivity index (χ0) is 19.5. The quantitative estimate of drug-likeness (QED) is 0.530. The predicted octanol–water partition coefficient (Wildman–Crippen LogP) is 4.77. The molecule has 0 unspecified atom stereocenters. The molecule has 6 heteroatoms. The fourth-order valence-corrected chi connectivity index (χ4v) is 3.63. The molecule has 1 atom stereocenters. The average molecular weight is 373 g/mol. The second-order valence-corrected chi connectivity index (χ2v) is 6.78. The maximum absolute atomic E-state index is 12.9. The highest BCUT2D eigenvalue weighted by molar-refractivity contribution is 5.90. The number of non-ortho nitro benzene ring substituents is 1. The molecule has 0 spiro atoms. The van der Waals surface area contributed by atoms with E-state index in [-0.39, 0.29) is 17.6 Å². The van der Waals surface area contributed by atoms with Crippen LogP contribution in [-0.2, 0) is 6.54 Å². The average Bonchev–Trinajstić information content (AvgIpc) is 2.73. The van der Waals surface area contributed by atoms with Crippen LogP contribution in [0.2, 0.25) is 0 Å². The summed E-state index contributed by atoms with van der Waals surface area (Å²) in [6.45, 7) is 1.04. The van der Waals surface area contributed by atoms with Crippen LogP contribution in [0.1, 0.15) is 22.6 Å². The minimum Gasteiger partial charge on any atom is -0.319 e. The Bertz CT molecular complexity index is 1020. The Labute approximate surface area is 162 Å². The molecule has 140 valence electrons. The summed E-state index contributed by atoms with van der Waals surface area (Å²) < 4.78 is 0. The molecule has 3 aromatic carbocycles. The van der Waals surface area contributed by atoms with E-state index in [0.29, 0.717) is 18.8 Å². The number of nitro benzene ring substituents is 1. The molecule has 6 nitrogen and oxygen atoms in total. The Hall–Kier alpha value is -3.67. The molecule has 28 heavy (non-hydrogen) atoms. The molecule has 0 aliphatic carbocycles. The van der Waals surface area contributed by atoms with Gasteiger partial charge in [-0.2, -0.15) is 0 Å². The van der Waals surface area contributed by atoms with Gasteiger partial charge in [0.15, 0.2) is 0 Å². The van der Waals surface area contributed by atoms with E-state index >= 15 is 0 Å². The van der Waals surface area contributed by atoms with E-state index in [1.54, 1.807) is 17.0 Å². The van der Waals surface area contributed by atoms with Crippen molar-refractivity contribution in [2.24, 2.45) is 0 Å². The van der Waals surface area contributed by atoms with Gasteiger partial charge in [-0.15, -0.1) is 0 Å². The van der Waals surface area contributed by atoms with E-state index in [0.717, 1.165) is 11.1 Å². The Balaban J connectivity index is 1.59. The lowest BCUT2D eigenvalue weighted by Gasteiger charge is -2.35. The molecule has 0 radical (unpaired) electrons. The van der Waals surface area contributed by atoms with Gasteiger partial charge in [0.1, 0.15) is 0 Å². The summed E-state index contributed by atoms with van der Waals surface area (Å²) in [6, 6.07) is 24.0. The van der Waals surface area contributed by atoms with Gasteiger partial charge in [0.05, 0.1) is 4.92 Å². The van der Waals surface area contributed by atoms with Crippen molar-refractivity contribution in [2.45, 2.75) is 12.5 Å². The number of carbonyl (C=O) groups excluding carboxylic acids is 1. The van der Waals surface area contributed by atoms with Gasteiger partial charge in [0, 0.05) is 36.8 Å². The van der Waals surface area contributed by atoms with E-state index in [1.807, 2.05) is 36.4 Å². The molecule has 0 fully saturated rings. The molecule has 0 aromatic heterocycles. The molecule has 1 aliphatic rings. The largest absolute Gasteiger partial charge is 0.322 e. The number of carbonyl (C=O) groups is 1. The molecule has 1 aliphatic heterocycles. The molecule has 2 amide bonds. The number of nitrogens with zero attached hydrogens (tertiary/aromatic N) is 2. The third-order valence-electron chi connectivity index (χ3n) is 4.99. The molecule has 0 saturated carbocycles. The Morgan fingerprint density at radius 3 is 2.54 bits per heavy atom. The lowest BCUT2D eigenvalue weighted by molar-refractivity contribution is -0.384. The van der Waals surface area contributed by atoms with Gasteiger partial charge in [0.2, 0.25) is 0 Å². The highest BCUT2D eigenvalue weighted by Gasteiger charge is 2.29. The molecule has 4 rings (SSSR count). The number of hydrogen-bond donors (Lipinski definition) is 1. The summed E-state index contributed by atoms with van der Waals surface area (Å²) in [6.07, 6.45) is 0. The van der Waals surface area contributed by atoms with Gasteiger partial charge < -0.3 is 10.2 Å². The van der Waals surface area contributed by atoms with Gasteiger partial charge in [-0.1, -0.05) is 60.7 Å². The van der Waals surface area contributed by atoms with Crippen LogP contribution in [0.3, 0.4) is 0 Å². The van der Waals surface area contributed by atoms with Crippen LogP contribution in [0.4, 0.5) is 16.2 Å². The lowest BCUT2D eigenvalue weighted by Crippen LogP contribution is -2.41. The Morgan fingerprint density at radius 2 is 1.75 bits per heavy atom. The van der Waals surface area contributed by atoms with Gasteiger partial charge in [-0.25, -0.2) is 4.79 Å². The van der Waals surface area contributed by atoms with Crippen LogP contribution in [0, 0.1) is 10.1 Å². The van der Waals surface area contributed by atoms with Crippen molar-refractivity contribution < 1.29 is 9.72 Å². The second-order valence-electron chi connectivity index (χ2n) is 6.78. The summed E-state index contributed by atoms with van der Waals surface area (Å²) in [5, 5.41) is 13.8. The Morgan fingerprint density at radius 1 is 1.00 bits per heavy atom. The summed E-state index contributed by atoms with van der Waals surface area (Å²) in [4.78, 5) is 25.1. The fraction of sp³-hybridized carbons (Fsp3) is 0.136. The van der Waals surface area contributed by atoms with Crippen molar-refractivity contribution in [1.82, 2.24) is 4.90 Å². The van der Waals surface area contributed by atoms with E-state index in [1.165, 1.54) is 17.7 Å². The van der Waals surface area contributed by atoms with Crippen molar-refractivity contribution in [3.63, 3.8) is 0 Å². The van der Waals surface area contributed by atoms with E-state index < -0.39 is 4.92 Å². The molecular weight excluding hydrogens is 354 g/mol. The Kier molecular flexibility index (Phi) is 4.76. The van der Waals surface area contributed by atoms with Crippen molar-refractivity contribution in [2.75, 3.05) is 11.9 Å². The van der Waals surface area contributed by atoms with Crippen molar-refractivity contribution in [1.29, 1.82) is 0 Å². The summed E-state index contributed by atoms with van der Waals surface area (Å²) in [5.41, 5.74) is 3.85. The first-order valence-electron chi connectivity index (χ1n) is 9.05. The standard InChI is InChI=1S/C22H19N3O3/c26-22(23-18-10-6-11-19(13-18)25(27)28)24-14-17-9-4-5-12-20(17)21(15-24)16-7-2-1-3-8-16/h1-13,21H,14-15H2,(H,23,26)/t21-/m1/s1. The van der Waals surface area contributed by atoms with Crippen LogP contribution in [0.15, 0.2) is 78.9 Å².